The minimum Gasteiger partial charge on any atom is -0.481 e. The molecule has 5 nitrogen and oxygen atoms in total. The van der Waals surface area contributed by atoms with E-state index in [-0.39, 0.29) is 5.41 Å². The van der Waals surface area contributed by atoms with Crippen LogP contribution < -0.4 is 0 Å². The van der Waals surface area contributed by atoms with Gasteiger partial charge in [-0.1, -0.05) is 37.1 Å². The van der Waals surface area contributed by atoms with E-state index in [2.05, 4.69) is 20.8 Å². The molecule has 2 aliphatic rings. The lowest BCUT2D eigenvalue weighted by atomic mass is 9.70. The van der Waals surface area contributed by atoms with E-state index in [9.17, 15) is 9.90 Å². The van der Waals surface area contributed by atoms with E-state index in [0.29, 0.717) is 19.3 Å². The molecule has 0 bridgehead atoms. The first-order valence-corrected chi connectivity index (χ1v) is 11.0. The van der Waals surface area contributed by atoms with E-state index in [1.165, 1.54) is 30.4 Å². The van der Waals surface area contributed by atoms with E-state index in [1.807, 2.05) is 26.0 Å². The molecule has 1 unspecified atom stereocenters. The molecule has 0 saturated carbocycles. The molecule has 1 fully saturated rings. The summed E-state index contributed by atoms with van der Waals surface area (Å²) in [6.07, 6.45) is 10.7. The normalized spacial score (nSPS) is 30.9. The quantitative estimate of drug-likeness (QED) is 0.405. The predicted molar refractivity (Wildman–Crippen MR) is 114 cm³/mol. The number of hydrogen-bond donors (Lipinski definition) is 2. The molecule has 166 valence electrons. The van der Waals surface area contributed by atoms with Crippen LogP contribution in [0, 0.1) is 11.3 Å². The highest BCUT2D eigenvalue weighted by molar-refractivity contribution is 5.70. The van der Waals surface area contributed by atoms with Crippen LogP contribution in [0.2, 0.25) is 0 Å². The molecule has 1 saturated heterocycles. The summed E-state index contributed by atoms with van der Waals surface area (Å²) in [4.78, 5) is 22.0. The molecule has 0 aromatic carbocycles. The zero-order valence-electron chi connectivity index (χ0n) is 19.1. The highest BCUT2D eigenvalue weighted by Crippen LogP contribution is 2.43. The Balaban J connectivity index is 1.86. The number of carbonyl (C=O) groups is 1. The van der Waals surface area contributed by atoms with Crippen LogP contribution in [0.5, 0.6) is 0 Å². The zero-order chi connectivity index (χ0) is 21.9. The minimum atomic E-state index is -0.871. The Kier molecular flexibility index (Phi) is 7.74. The summed E-state index contributed by atoms with van der Waals surface area (Å²) in [5.41, 5.74) is 1.86. The number of rotatable bonds is 8. The summed E-state index contributed by atoms with van der Waals surface area (Å²) in [7, 11) is 0. The maximum Gasteiger partial charge on any atom is 0.308 e. The highest BCUT2D eigenvalue weighted by atomic mass is 17.2. The Morgan fingerprint density at radius 2 is 2.03 bits per heavy atom. The van der Waals surface area contributed by atoms with Crippen LogP contribution in [0.25, 0.3) is 0 Å². The van der Waals surface area contributed by atoms with Gasteiger partial charge in [0.15, 0.2) is 0 Å². The van der Waals surface area contributed by atoms with Gasteiger partial charge >= 0.3 is 5.97 Å². The second kappa shape index (κ2) is 9.32. The Hall–Kier alpha value is -1.17. The maximum atomic E-state index is 11.1. The number of allylic oxidation sites excluding steroid dienone is 2. The second-order valence-corrected chi connectivity index (χ2v) is 10.3. The van der Waals surface area contributed by atoms with E-state index in [1.54, 1.807) is 6.92 Å². The summed E-state index contributed by atoms with van der Waals surface area (Å²) in [6, 6.07) is 0. The molecule has 4 atom stereocenters. The smallest absolute Gasteiger partial charge is 0.308 e. The highest BCUT2D eigenvalue weighted by Gasteiger charge is 2.37. The van der Waals surface area contributed by atoms with Crippen molar-refractivity contribution in [3.05, 3.63) is 23.3 Å². The van der Waals surface area contributed by atoms with Crippen molar-refractivity contribution in [1.82, 2.24) is 0 Å². The average molecular weight is 409 g/mol. The average Bonchev–Trinajstić information content (AvgIpc) is 2.60. The Labute approximate surface area is 176 Å². The standard InChI is InChI=1S/C24H40O5/c1-17-9-7-12-22(3,4)19(17)10-15-23(5,27)13-8-14-24(6)16-11-20(28-29-24)18(2)21(25)26/h8,13,18,20,27H,7,9-12,14-16H2,1-6H3,(H,25,26)/b13-8+/t18-,20+,23?,24+/m0/s1. The van der Waals surface area contributed by atoms with Crippen LogP contribution in [0.1, 0.15) is 92.9 Å². The second-order valence-electron chi connectivity index (χ2n) is 10.3. The molecular formula is C24H40O5. The van der Waals surface area contributed by atoms with Gasteiger partial charge in [-0.3, -0.25) is 4.79 Å². The van der Waals surface area contributed by atoms with E-state index < -0.39 is 29.2 Å². The molecule has 0 radical (unpaired) electrons. The molecule has 29 heavy (non-hydrogen) atoms. The van der Waals surface area contributed by atoms with Crippen molar-refractivity contribution >= 4 is 5.97 Å². The number of carboxylic acids is 1. The molecule has 5 heteroatoms. The lowest BCUT2D eigenvalue weighted by molar-refractivity contribution is -0.409. The monoisotopic (exact) mass is 408 g/mol. The first-order valence-electron chi connectivity index (χ1n) is 11.0. The van der Waals surface area contributed by atoms with E-state index in [0.717, 1.165) is 12.8 Å². The van der Waals surface area contributed by atoms with Crippen LogP contribution in [0.4, 0.5) is 0 Å². The topological polar surface area (TPSA) is 76.0 Å². The van der Waals surface area contributed by atoms with Crippen LogP contribution >= 0.6 is 0 Å². The summed E-state index contributed by atoms with van der Waals surface area (Å²) in [6.45, 7) is 12.3. The largest absolute Gasteiger partial charge is 0.481 e. The van der Waals surface area contributed by atoms with Crippen LogP contribution in [0.3, 0.4) is 0 Å². The van der Waals surface area contributed by atoms with Crippen molar-refractivity contribution in [1.29, 1.82) is 0 Å². The van der Waals surface area contributed by atoms with Crippen molar-refractivity contribution < 1.29 is 24.8 Å². The van der Waals surface area contributed by atoms with Gasteiger partial charge in [-0.05, 0) is 84.5 Å². The van der Waals surface area contributed by atoms with Gasteiger partial charge in [-0.15, -0.1) is 0 Å². The molecule has 1 aliphatic heterocycles. The fourth-order valence-corrected chi connectivity index (χ4v) is 4.59. The van der Waals surface area contributed by atoms with Crippen LogP contribution in [0.15, 0.2) is 23.3 Å². The molecule has 0 amide bonds. The van der Waals surface area contributed by atoms with Gasteiger partial charge in [0.1, 0.15) is 11.7 Å². The maximum absolute atomic E-state index is 11.1. The van der Waals surface area contributed by atoms with Gasteiger partial charge < -0.3 is 10.2 Å². The summed E-state index contributed by atoms with van der Waals surface area (Å²) >= 11 is 0. The molecule has 1 heterocycles. The molecule has 0 spiro atoms. The SMILES string of the molecule is CC1=C(CCC(C)(O)/C=C/C[C@]2(C)CC[C@H]([C@H](C)C(=O)O)OO2)C(C)(C)CCC1. The molecule has 0 aromatic rings. The van der Waals surface area contributed by atoms with Crippen LogP contribution in [-0.2, 0) is 14.6 Å². The van der Waals surface area contributed by atoms with Gasteiger partial charge in [-0.2, -0.15) is 0 Å². The van der Waals surface area contributed by atoms with Crippen LogP contribution in [-0.4, -0.2) is 33.5 Å². The van der Waals surface area contributed by atoms with E-state index >= 15 is 0 Å². The van der Waals surface area contributed by atoms with Crippen molar-refractivity contribution in [3.8, 4) is 0 Å². The van der Waals surface area contributed by atoms with Crippen molar-refractivity contribution in [2.75, 3.05) is 0 Å². The van der Waals surface area contributed by atoms with Crippen molar-refractivity contribution in [2.24, 2.45) is 11.3 Å². The summed E-state index contributed by atoms with van der Waals surface area (Å²) in [5.74, 6) is -1.46. The molecule has 2 N–H and O–H groups in total. The first kappa shape index (κ1) is 24.1. The predicted octanol–water partition coefficient (Wildman–Crippen LogP) is 5.58. The third kappa shape index (κ3) is 6.66. The number of hydrogen-bond acceptors (Lipinski definition) is 4. The fraction of sp³-hybridized carbons (Fsp3) is 0.792. The molecule has 1 aliphatic carbocycles. The van der Waals surface area contributed by atoms with Crippen molar-refractivity contribution in [2.45, 2.75) is 110 Å². The Bertz CT molecular complexity index is 636. The van der Waals surface area contributed by atoms with Gasteiger partial charge in [0, 0.05) is 0 Å². The lowest BCUT2D eigenvalue weighted by Gasteiger charge is -2.37. The Morgan fingerprint density at radius 3 is 2.59 bits per heavy atom. The third-order valence-corrected chi connectivity index (χ3v) is 6.87. The van der Waals surface area contributed by atoms with Gasteiger partial charge in [0.05, 0.1) is 11.5 Å². The molecular weight excluding hydrogens is 368 g/mol. The van der Waals surface area contributed by atoms with E-state index in [4.69, 9.17) is 14.9 Å². The number of carboxylic acid groups (broad SMARTS) is 1. The lowest BCUT2D eigenvalue weighted by Crippen LogP contribution is -2.41. The Morgan fingerprint density at radius 1 is 1.34 bits per heavy atom. The van der Waals surface area contributed by atoms with Gasteiger partial charge in [-0.25, -0.2) is 9.78 Å². The van der Waals surface area contributed by atoms with Gasteiger partial charge in [0.25, 0.3) is 0 Å². The molecule has 2 rings (SSSR count). The fourth-order valence-electron chi connectivity index (χ4n) is 4.59. The third-order valence-electron chi connectivity index (χ3n) is 6.87. The summed E-state index contributed by atoms with van der Waals surface area (Å²) < 4.78 is 0. The summed E-state index contributed by atoms with van der Waals surface area (Å²) in [5, 5.41) is 20.0. The first-order chi connectivity index (χ1) is 13.4. The van der Waals surface area contributed by atoms with Gasteiger partial charge in [0.2, 0.25) is 0 Å². The number of aliphatic hydroxyl groups is 1. The minimum absolute atomic E-state index is 0.229. The zero-order valence-corrected chi connectivity index (χ0v) is 19.1. The number of aliphatic carboxylic acids is 1. The van der Waals surface area contributed by atoms with Crippen molar-refractivity contribution in [3.63, 3.8) is 0 Å². The molecule has 0 aromatic heterocycles.